The summed E-state index contributed by atoms with van der Waals surface area (Å²) < 4.78 is 15.9. The molecule has 0 unspecified atom stereocenters. The summed E-state index contributed by atoms with van der Waals surface area (Å²) in [5.41, 5.74) is 2.82. The van der Waals surface area contributed by atoms with Crippen molar-refractivity contribution in [1.29, 1.82) is 0 Å². The third-order valence-corrected chi connectivity index (χ3v) is 5.98. The minimum absolute atomic E-state index is 0.0874. The Morgan fingerprint density at radius 3 is 2.34 bits per heavy atom. The molecule has 2 aromatic heterocycles. The van der Waals surface area contributed by atoms with E-state index in [2.05, 4.69) is 10.3 Å². The monoisotopic (exact) mass is 448 g/mol. The maximum atomic E-state index is 12.9. The highest BCUT2D eigenvalue weighted by Gasteiger charge is 2.18. The quantitative estimate of drug-likeness (QED) is 0.387. The van der Waals surface area contributed by atoms with Gasteiger partial charge < -0.3 is 19.2 Å². The molecule has 4 rings (SSSR count). The Bertz CT molecular complexity index is 1140. The molecule has 0 aliphatic heterocycles. The van der Waals surface area contributed by atoms with Gasteiger partial charge in [0, 0.05) is 5.38 Å². The molecule has 7 heteroatoms. The molecule has 0 saturated heterocycles. The fraction of sp³-hybridized carbons (Fsp3) is 0.200. The number of hydrogen-bond donors (Lipinski definition) is 1. The molecule has 0 aliphatic carbocycles. The Labute approximate surface area is 190 Å². The van der Waals surface area contributed by atoms with Crippen LogP contribution in [0.1, 0.15) is 22.9 Å². The van der Waals surface area contributed by atoms with E-state index in [4.69, 9.17) is 13.9 Å². The number of benzene rings is 2. The van der Waals surface area contributed by atoms with Gasteiger partial charge in [-0.1, -0.05) is 24.3 Å². The Kier molecular flexibility index (Phi) is 6.87. The van der Waals surface area contributed by atoms with Crippen molar-refractivity contribution in [2.24, 2.45) is 0 Å². The van der Waals surface area contributed by atoms with Gasteiger partial charge in [0.15, 0.2) is 10.8 Å². The Hall–Kier alpha value is -3.58. The first-order chi connectivity index (χ1) is 15.6. The third-order valence-electron chi connectivity index (χ3n) is 5.08. The highest BCUT2D eigenvalue weighted by atomic mass is 32.1. The van der Waals surface area contributed by atoms with Gasteiger partial charge in [-0.3, -0.25) is 4.79 Å². The van der Waals surface area contributed by atoms with Crippen LogP contribution in [0.25, 0.3) is 10.8 Å². The van der Waals surface area contributed by atoms with Gasteiger partial charge in [-0.2, -0.15) is 0 Å². The predicted molar refractivity (Wildman–Crippen MR) is 124 cm³/mol. The molecule has 1 amide bonds. The Morgan fingerprint density at radius 1 is 1.03 bits per heavy atom. The first-order valence-corrected chi connectivity index (χ1v) is 11.1. The fourth-order valence-electron chi connectivity index (χ4n) is 3.40. The normalized spacial score (nSPS) is 11.7. The van der Waals surface area contributed by atoms with E-state index < -0.39 is 0 Å². The van der Waals surface area contributed by atoms with Crippen molar-refractivity contribution in [3.63, 3.8) is 0 Å². The van der Waals surface area contributed by atoms with Crippen molar-refractivity contribution >= 4 is 17.2 Å². The number of hydrogen-bond acceptors (Lipinski definition) is 6. The van der Waals surface area contributed by atoms with E-state index in [9.17, 15) is 4.79 Å². The molecule has 0 saturated carbocycles. The number of nitrogens with zero attached hydrogens (tertiary/aromatic N) is 1. The lowest BCUT2D eigenvalue weighted by atomic mass is 9.98. The number of methoxy groups -OCH3 is 2. The number of furan rings is 1. The molecule has 0 radical (unpaired) electrons. The minimum Gasteiger partial charge on any atom is -0.497 e. The SMILES string of the molecule is COc1ccc(C[C@H](NC(=O)Cc2csc(-c3ccco3)n2)c2ccc(OC)cc2)cc1. The van der Waals surface area contributed by atoms with Crippen molar-refractivity contribution in [1.82, 2.24) is 10.3 Å². The summed E-state index contributed by atoms with van der Waals surface area (Å²) in [4.78, 5) is 17.4. The van der Waals surface area contributed by atoms with Crippen LogP contribution in [0, 0.1) is 0 Å². The van der Waals surface area contributed by atoms with E-state index in [0.717, 1.165) is 33.3 Å². The van der Waals surface area contributed by atoms with Gasteiger partial charge in [0.05, 0.1) is 38.6 Å². The summed E-state index contributed by atoms with van der Waals surface area (Å²) in [6.07, 6.45) is 2.46. The average Bonchev–Trinajstić information content (AvgIpc) is 3.51. The molecule has 0 bridgehead atoms. The molecule has 0 fully saturated rings. The van der Waals surface area contributed by atoms with Crippen molar-refractivity contribution in [2.45, 2.75) is 18.9 Å². The van der Waals surface area contributed by atoms with E-state index in [0.29, 0.717) is 12.2 Å². The van der Waals surface area contributed by atoms with Crippen molar-refractivity contribution < 1.29 is 18.7 Å². The lowest BCUT2D eigenvalue weighted by Gasteiger charge is -2.20. The van der Waals surface area contributed by atoms with Crippen LogP contribution in [0.2, 0.25) is 0 Å². The third kappa shape index (κ3) is 5.36. The van der Waals surface area contributed by atoms with Crippen molar-refractivity contribution in [2.75, 3.05) is 14.2 Å². The summed E-state index contributed by atoms with van der Waals surface area (Å²) in [7, 11) is 3.28. The zero-order chi connectivity index (χ0) is 22.3. The number of thiazole rings is 1. The second-order valence-electron chi connectivity index (χ2n) is 7.24. The molecule has 1 N–H and O–H groups in total. The molecule has 0 spiro atoms. The number of carbonyl (C=O) groups is 1. The summed E-state index contributed by atoms with van der Waals surface area (Å²) in [5, 5.41) is 5.83. The number of aromatic nitrogens is 1. The van der Waals surface area contributed by atoms with Gasteiger partial charge in [-0.05, 0) is 53.9 Å². The fourth-order valence-corrected chi connectivity index (χ4v) is 4.18. The molecule has 2 aromatic carbocycles. The molecule has 1 atom stereocenters. The number of ether oxygens (including phenoxy) is 2. The van der Waals surface area contributed by atoms with E-state index in [-0.39, 0.29) is 18.4 Å². The van der Waals surface area contributed by atoms with Gasteiger partial charge in [0.25, 0.3) is 0 Å². The number of rotatable bonds is 9. The molecular weight excluding hydrogens is 424 g/mol. The van der Waals surface area contributed by atoms with Crippen LogP contribution in [-0.4, -0.2) is 25.1 Å². The van der Waals surface area contributed by atoms with Crippen molar-refractivity contribution in [3.8, 4) is 22.3 Å². The highest BCUT2D eigenvalue weighted by molar-refractivity contribution is 7.13. The van der Waals surface area contributed by atoms with Crippen LogP contribution in [0.3, 0.4) is 0 Å². The van der Waals surface area contributed by atoms with Gasteiger partial charge in [0.2, 0.25) is 5.91 Å². The van der Waals surface area contributed by atoms with Crippen LogP contribution >= 0.6 is 11.3 Å². The van der Waals surface area contributed by atoms with Crippen LogP contribution in [0.15, 0.2) is 76.7 Å². The highest BCUT2D eigenvalue weighted by Crippen LogP contribution is 2.25. The van der Waals surface area contributed by atoms with E-state index >= 15 is 0 Å². The maximum absolute atomic E-state index is 12.9. The number of nitrogens with one attached hydrogen (secondary N) is 1. The van der Waals surface area contributed by atoms with Gasteiger partial charge >= 0.3 is 0 Å². The van der Waals surface area contributed by atoms with Crippen LogP contribution in [0.5, 0.6) is 11.5 Å². The van der Waals surface area contributed by atoms with Gasteiger partial charge in [-0.25, -0.2) is 4.98 Å². The molecule has 0 aliphatic rings. The summed E-state index contributed by atoms with van der Waals surface area (Å²) in [5.74, 6) is 2.19. The molecule has 32 heavy (non-hydrogen) atoms. The van der Waals surface area contributed by atoms with E-state index in [1.165, 1.54) is 11.3 Å². The topological polar surface area (TPSA) is 73.6 Å². The van der Waals surface area contributed by atoms with Crippen molar-refractivity contribution in [3.05, 3.63) is 89.1 Å². The van der Waals surface area contributed by atoms with E-state index in [1.54, 1.807) is 20.5 Å². The summed E-state index contributed by atoms with van der Waals surface area (Å²) in [6, 6.07) is 19.1. The van der Waals surface area contributed by atoms with E-state index in [1.807, 2.05) is 66.0 Å². The molecule has 2 heterocycles. The summed E-state index contributed by atoms with van der Waals surface area (Å²) in [6.45, 7) is 0. The smallest absolute Gasteiger partial charge is 0.226 e. The second kappa shape index (κ2) is 10.2. The number of carbonyl (C=O) groups excluding carboxylic acids is 1. The first-order valence-electron chi connectivity index (χ1n) is 10.2. The predicted octanol–water partition coefficient (Wildman–Crippen LogP) is 5.06. The maximum Gasteiger partial charge on any atom is 0.226 e. The Morgan fingerprint density at radius 2 is 1.72 bits per heavy atom. The molecule has 164 valence electrons. The zero-order valence-electron chi connectivity index (χ0n) is 17.9. The van der Waals surface area contributed by atoms with Crippen LogP contribution in [-0.2, 0) is 17.6 Å². The average molecular weight is 449 g/mol. The van der Waals surface area contributed by atoms with Crippen LogP contribution in [0.4, 0.5) is 0 Å². The minimum atomic E-state index is -0.190. The summed E-state index contributed by atoms with van der Waals surface area (Å²) >= 11 is 1.46. The number of amides is 1. The van der Waals surface area contributed by atoms with Crippen LogP contribution < -0.4 is 14.8 Å². The van der Waals surface area contributed by atoms with Gasteiger partial charge in [0.1, 0.15) is 11.5 Å². The van der Waals surface area contributed by atoms with Gasteiger partial charge in [-0.15, -0.1) is 11.3 Å². The second-order valence-corrected chi connectivity index (χ2v) is 8.10. The zero-order valence-corrected chi connectivity index (χ0v) is 18.7. The largest absolute Gasteiger partial charge is 0.497 e. The first kappa shape index (κ1) is 21.6. The molecular formula is C25H24N2O4S. The lowest BCUT2D eigenvalue weighted by molar-refractivity contribution is -0.121. The Balaban J connectivity index is 1.48. The molecule has 4 aromatic rings. The lowest BCUT2D eigenvalue weighted by Crippen LogP contribution is -2.31. The standard InChI is InChI=1S/C25H24N2O4S/c1-29-20-9-5-17(6-10-20)14-22(18-7-11-21(30-2)12-8-18)27-24(28)15-19-16-32-25(26-19)23-4-3-13-31-23/h3-13,16,22H,14-15H2,1-2H3,(H,27,28)/t22-/m0/s1. The molecule has 6 nitrogen and oxygen atoms in total.